The number of benzene rings is 2. The van der Waals surface area contributed by atoms with Gasteiger partial charge in [-0.1, -0.05) is 18.2 Å². The third-order valence-electron chi connectivity index (χ3n) is 5.10. The van der Waals surface area contributed by atoms with Crippen molar-refractivity contribution in [2.24, 2.45) is 0 Å². The number of furan rings is 1. The van der Waals surface area contributed by atoms with Gasteiger partial charge >= 0.3 is 17.9 Å². The Morgan fingerprint density at radius 2 is 1.64 bits per heavy atom. The molecule has 0 atom stereocenters. The van der Waals surface area contributed by atoms with Crippen molar-refractivity contribution in [3.05, 3.63) is 83.9 Å². The van der Waals surface area contributed by atoms with Crippen molar-refractivity contribution in [2.45, 2.75) is 6.92 Å². The molecule has 0 amide bonds. The van der Waals surface area contributed by atoms with Crippen LogP contribution in [-0.2, 0) is 9.47 Å². The third kappa shape index (κ3) is 4.69. The normalized spacial score (nSPS) is 10.5. The molecule has 0 spiro atoms. The molecule has 0 aliphatic carbocycles. The number of hydrogen-bond acceptors (Lipinski definition) is 9. The molecule has 4 rings (SSSR count). The zero-order chi connectivity index (χ0) is 25.7. The van der Waals surface area contributed by atoms with Gasteiger partial charge in [0.1, 0.15) is 11.3 Å². The molecule has 0 saturated carbocycles. The van der Waals surface area contributed by atoms with Crippen molar-refractivity contribution in [1.82, 2.24) is 9.78 Å². The maximum absolute atomic E-state index is 12.9. The molecule has 10 nitrogen and oxygen atoms in total. The van der Waals surface area contributed by atoms with Crippen LogP contribution >= 0.6 is 0 Å². The van der Waals surface area contributed by atoms with Gasteiger partial charge in [-0.05, 0) is 49.4 Å². The fourth-order valence-corrected chi connectivity index (χ4v) is 3.51. The van der Waals surface area contributed by atoms with Crippen molar-refractivity contribution in [2.75, 3.05) is 20.8 Å². The monoisotopic (exact) mass is 490 g/mol. The van der Waals surface area contributed by atoms with E-state index in [2.05, 4.69) is 5.10 Å². The van der Waals surface area contributed by atoms with Gasteiger partial charge < -0.3 is 23.4 Å². The minimum atomic E-state index is -0.779. The second kappa shape index (κ2) is 10.6. The summed E-state index contributed by atoms with van der Waals surface area (Å²) in [6.07, 6.45) is 1.36. The van der Waals surface area contributed by atoms with Crippen molar-refractivity contribution >= 4 is 17.9 Å². The number of para-hydroxylation sites is 1. The lowest BCUT2D eigenvalue weighted by Gasteiger charge is -2.11. The first-order valence-electron chi connectivity index (χ1n) is 10.9. The molecule has 0 aliphatic rings. The van der Waals surface area contributed by atoms with Crippen molar-refractivity contribution in [3.63, 3.8) is 0 Å². The highest BCUT2D eigenvalue weighted by Crippen LogP contribution is 2.36. The summed E-state index contributed by atoms with van der Waals surface area (Å²) in [5, 5.41) is 4.56. The summed E-state index contributed by atoms with van der Waals surface area (Å²) in [4.78, 5) is 38.0. The largest absolute Gasteiger partial charge is 0.490 e. The molecule has 0 fully saturated rings. The standard InChI is InChI=1S/C26H22N2O8/c1-4-34-20-15-16(12-13-18(20)36-24(29)19-11-8-14-35-19)22-21(25(30)32-2)23(26(31)33-3)28(27-22)17-9-6-5-7-10-17/h5-15H,4H2,1-3H3. The number of aromatic nitrogens is 2. The maximum atomic E-state index is 12.9. The van der Waals surface area contributed by atoms with Crippen LogP contribution in [-0.4, -0.2) is 48.5 Å². The molecule has 0 N–H and O–H groups in total. The van der Waals surface area contributed by atoms with Gasteiger partial charge in [-0.15, -0.1) is 0 Å². The molecule has 0 bridgehead atoms. The highest BCUT2D eigenvalue weighted by Gasteiger charge is 2.31. The van der Waals surface area contributed by atoms with Gasteiger partial charge in [0.2, 0.25) is 5.76 Å². The molecule has 10 heteroatoms. The van der Waals surface area contributed by atoms with E-state index in [0.717, 1.165) is 0 Å². The van der Waals surface area contributed by atoms with E-state index in [1.165, 1.54) is 37.3 Å². The van der Waals surface area contributed by atoms with Gasteiger partial charge in [-0.25, -0.2) is 19.1 Å². The Kier molecular flexibility index (Phi) is 7.15. The molecule has 184 valence electrons. The Labute approximate surface area is 205 Å². The molecule has 4 aromatic rings. The zero-order valence-corrected chi connectivity index (χ0v) is 19.7. The summed E-state index contributed by atoms with van der Waals surface area (Å²) in [6, 6.07) is 16.5. The van der Waals surface area contributed by atoms with E-state index in [9.17, 15) is 14.4 Å². The molecular weight excluding hydrogens is 468 g/mol. The van der Waals surface area contributed by atoms with E-state index in [0.29, 0.717) is 11.3 Å². The number of nitrogens with zero attached hydrogens (tertiary/aromatic N) is 2. The van der Waals surface area contributed by atoms with Crippen LogP contribution in [0.4, 0.5) is 0 Å². The van der Waals surface area contributed by atoms with Gasteiger partial charge in [0.05, 0.1) is 32.8 Å². The molecule has 0 aliphatic heterocycles. The van der Waals surface area contributed by atoms with Crippen LogP contribution in [0.15, 0.2) is 71.3 Å². The number of ether oxygens (including phenoxy) is 4. The zero-order valence-electron chi connectivity index (χ0n) is 19.7. The highest BCUT2D eigenvalue weighted by atomic mass is 16.6. The molecule has 36 heavy (non-hydrogen) atoms. The van der Waals surface area contributed by atoms with E-state index in [1.54, 1.807) is 49.4 Å². The second-order valence-electron chi connectivity index (χ2n) is 7.26. The second-order valence-corrected chi connectivity index (χ2v) is 7.26. The first kappa shape index (κ1) is 24.3. The minimum absolute atomic E-state index is 0.0267. The van der Waals surface area contributed by atoms with E-state index in [1.807, 2.05) is 6.07 Å². The van der Waals surface area contributed by atoms with Crippen LogP contribution < -0.4 is 9.47 Å². The molecule has 0 radical (unpaired) electrons. The Hall–Kier alpha value is -4.86. The number of esters is 3. The molecule has 2 aromatic carbocycles. The molecular formula is C26H22N2O8. The smallest absolute Gasteiger partial charge is 0.379 e. The van der Waals surface area contributed by atoms with Gasteiger partial charge in [-0.2, -0.15) is 5.10 Å². The summed E-state index contributed by atoms with van der Waals surface area (Å²) in [7, 11) is 2.41. The van der Waals surface area contributed by atoms with Crippen LogP contribution in [0, 0.1) is 0 Å². The van der Waals surface area contributed by atoms with Gasteiger partial charge in [-0.3, -0.25) is 0 Å². The Bertz CT molecular complexity index is 1390. The van der Waals surface area contributed by atoms with Crippen LogP contribution in [0.2, 0.25) is 0 Å². The molecule has 0 unspecified atom stereocenters. The van der Waals surface area contributed by atoms with Crippen molar-refractivity contribution < 1.29 is 37.7 Å². The maximum Gasteiger partial charge on any atom is 0.379 e. The van der Waals surface area contributed by atoms with Crippen LogP contribution in [0.5, 0.6) is 11.5 Å². The first-order valence-corrected chi connectivity index (χ1v) is 10.9. The van der Waals surface area contributed by atoms with Gasteiger partial charge in [0.25, 0.3) is 0 Å². The summed E-state index contributed by atoms with van der Waals surface area (Å²) in [6.45, 7) is 2.04. The number of carbonyl (C=O) groups excluding carboxylic acids is 3. The summed E-state index contributed by atoms with van der Waals surface area (Å²) in [5.41, 5.74) is 0.906. The van der Waals surface area contributed by atoms with Gasteiger partial charge in [0.15, 0.2) is 17.2 Å². The minimum Gasteiger partial charge on any atom is -0.490 e. The topological polar surface area (TPSA) is 119 Å². The summed E-state index contributed by atoms with van der Waals surface area (Å²) >= 11 is 0. The van der Waals surface area contributed by atoms with E-state index in [4.69, 9.17) is 23.4 Å². The highest BCUT2D eigenvalue weighted by molar-refractivity contribution is 6.07. The third-order valence-corrected chi connectivity index (χ3v) is 5.10. The van der Waals surface area contributed by atoms with Crippen molar-refractivity contribution in [3.8, 4) is 28.4 Å². The average Bonchev–Trinajstić information content (AvgIpc) is 3.58. The molecule has 2 heterocycles. The quantitative estimate of drug-likeness (QED) is 0.263. The Morgan fingerprint density at radius 1 is 0.889 bits per heavy atom. The lowest BCUT2D eigenvalue weighted by molar-refractivity contribution is 0.0549. The number of hydrogen-bond donors (Lipinski definition) is 0. The molecule has 2 aromatic heterocycles. The summed E-state index contributed by atoms with van der Waals surface area (Å²) < 4.78 is 27.4. The van der Waals surface area contributed by atoms with E-state index >= 15 is 0 Å². The average molecular weight is 490 g/mol. The lowest BCUT2D eigenvalue weighted by atomic mass is 10.0. The van der Waals surface area contributed by atoms with E-state index in [-0.39, 0.29) is 40.8 Å². The fourth-order valence-electron chi connectivity index (χ4n) is 3.51. The van der Waals surface area contributed by atoms with Crippen LogP contribution in [0.1, 0.15) is 38.3 Å². The number of methoxy groups -OCH3 is 2. The van der Waals surface area contributed by atoms with Crippen molar-refractivity contribution in [1.29, 1.82) is 0 Å². The Morgan fingerprint density at radius 3 is 2.28 bits per heavy atom. The van der Waals surface area contributed by atoms with Gasteiger partial charge in [0, 0.05) is 5.56 Å². The Balaban J connectivity index is 1.87. The summed E-state index contributed by atoms with van der Waals surface area (Å²) in [5.74, 6) is -1.87. The SMILES string of the molecule is CCOc1cc(-c2nn(-c3ccccc3)c(C(=O)OC)c2C(=O)OC)ccc1OC(=O)c1ccco1. The predicted octanol–water partition coefficient (Wildman–Crippen LogP) is 4.32. The van der Waals surface area contributed by atoms with Crippen LogP contribution in [0.25, 0.3) is 16.9 Å². The fraction of sp³-hybridized carbons (Fsp3) is 0.154. The predicted molar refractivity (Wildman–Crippen MR) is 127 cm³/mol. The van der Waals surface area contributed by atoms with E-state index < -0.39 is 17.9 Å². The lowest BCUT2D eigenvalue weighted by Crippen LogP contribution is -2.15. The molecule has 0 saturated heterocycles. The number of rotatable bonds is 8. The number of carbonyl (C=O) groups is 3. The van der Waals surface area contributed by atoms with Crippen LogP contribution in [0.3, 0.4) is 0 Å². The first-order chi connectivity index (χ1) is 17.5.